The van der Waals surface area contributed by atoms with Gasteiger partial charge in [-0.05, 0) is 78.7 Å². The Morgan fingerprint density at radius 3 is 2.61 bits per heavy atom. The van der Waals surface area contributed by atoms with Crippen molar-refractivity contribution in [3.8, 4) is 0 Å². The molecule has 2 aliphatic carbocycles. The average Bonchev–Trinajstić information content (AvgIpc) is 3.29. The lowest BCUT2D eigenvalue weighted by atomic mass is 9.46. The van der Waals surface area contributed by atoms with Gasteiger partial charge in [0.15, 0.2) is 0 Å². The fraction of sp³-hybridized carbons (Fsp3) is 0.677. The van der Waals surface area contributed by atoms with Crippen LogP contribution in [0.5, 0.6) is 0 Å². The van der Waals surface area contributed by atoms with Crippen LogP contribution in [0.15, 0.2) is 36.4 Å². The first kappa shape index (κ1) is 24.1. The molecule has 4 fully saturated rings. The van der Waals surface area contributed by atoms with Crippen LogP contribution in [0.1, 0.15) is 85.1 Å². The third-order valence-electron chi connectivity index (χ3n) is 11.1. The number of fused-ring (bicyclic) bond motifs is 6. The number of nitrogens with zero attached hydrogens (tertiary/aromatic N) is 1. The number of carbonyl (C=O) groups is 2. The molecule has 7 atom stereocenters. The minimum absolute atomic E-state index is 0.00622. The fourth-order valence-electron chi connectivity index (χ4n) is 9.40. The highest BCUT2D eigenvalue weighted by atomic mass is 16.2. The van der Waals surface area contributed by atoms with Crippen molar-refractivity contribution >= 4 is 17.5 Å². The summed E-state index contributed by atoms with van der Waals surface area (Å²) in [6.45, 7) is 16.2. The zero-order valence-electron chi connectivity index (χ0n) is 22.7. The van der Waals surface area contributed by atoms with Gasteiger partial charge in [0.2, 0.25) is 11.8 Å². The Morgan fingerprint density at radius 2 is 1.86 bits per heavy atom. The first-order chi connectivity index (χ1) is 17.0. The minimum Gasteiger partial charge on any atom is -0.364 e. The second kappa shape index (κ2) is 7.85. The molecule has 5 nitrogen and oxygen atoms in total. The van der Waals surface area contributed by atoms with E-state index in [1.165, 1.54) is 36.8 Å². The topological polar surface area (TPSA) is 61.4 Å². The lowest BCUT2D eigenvalue weighted by molar-refractivity contribution is -0.150. The molecule has 1 aromatic carbocycles. The second-order valence-corrected chi connectivity index (χ2v) is 13.8. The van der Waals surface area contributed by atoms with E-state index in [-0.39, 0.29) is 34.7 Å². The molecule has 2 saturated carbocycles. The van der Waals surface area contributed by atoms with Gasteiger partial charge in [0.05, 0.1) is 0 Å². The Hall–Kier alpha value is -2.30. The molecule has 3 heterocycles. The molecule has 5 aliphatic rings. The number of para-hydroxylation sites is 1. The van der Waals surface area contributed by atoms with Crippen LogP contribution < -0.4 is 10.6 Å². The van der Waals surface area contributed by atoms with Crippen molar-refractivity contribution in [2.45, 2.75) is 103 Å². The summed E-state index contributed by atoms with van der Waals surface area (Å²) in [5.74, 6) is 1.18. The third-order valence-corrected chi connectivity index (χ3v) is 11.1. The van der Waals surface area contributed by atoms with Crippen LogP contribution in [-0.4, -0.2) is 35.0 Å². The lowest BCUT2D eigenvalue weighted by Gasteiger charge is -2.59. The van der Waals surface area contributed by atoms with E-state index in [2.05, 4.69) is 62.2 Å². The number of hydrogen-bond donors (Lipinski definition) is 2. The number of nitrogens with one attached hydrogen (secondary N) is 2. The molecule has 0 aromatic heterocycles. The first-order valence-electron chi connectivity index (χ1n) is 14.2. The molecule has 2 N–H and O–H groups in total. The predicted octanol–water partition coefficient (Wildman–Crippen LogP) is 5.62. The molecular weight excluding hydrogens is 446 g/mol. The molecule has 6 rings (SSSR count). The number of anilines is 1. The molecule has 1 unspecified atom stereocenters. The number of amides is 2. The molecule has 194 valence electrons. The van der Waals surface area contributed by atoms with Crippen molar-refractivity contribution in [1.82, 2.24) is 10.2 Å². The third kappa shape index (κ3) is 3.13. The van der Waals surface area contributed by atoms with Crippen molar-refractivity contribution in [3.63, 3.8) is 0 Å². The van der Waals surface area contributed by atoms with E-state index in [1.54, 1.807) is 0 Å². The molecule has 1 aromatic rings. The van der Waals surface area contributed by atoms with E-state index in [0.29, 0.717) is 23.7 Å². The van der Waals surface area contributed by atoms with Gasteiger partial charge in [-0.3, -0.25) is 9.59 Å². The van der Waals surface area contributed by atoms with Crippen LogP contribution in [0.25, 0.3) is 0 Å². The van der Waals surface area contributed by atoms with Crippen LogP contribution in [0.4, 0.5) is 5.69 Å². The van der Waals surface area contributed by atoms with Crippen molar-refractivity contribution in [1.29, 1.82) is 0 Å². The Kier molecular flexibility index (Phi) is 5.25. The molecule has 36 heavy (non-hydrogen) atoms. The zero-order chi connectivity index (χ0) is 25.6. The van der Waals surface area contributed by atoms with Gasteiger partial charge >= 0.3 is 0 Å². The maximum Gasteiger partial charge on any atom is 0.247 e. The molecule has 3 aliphatic heterocycles. The van der Waals surface area contributed by atoms with Gasteiger partial charge in [0, 0.05) is 11.1 Å². The van der Waals surface area contributed by atoms with Gasteiger partial charge in [-0.25, -0.2) is 0 Å². The van der Waals surface area contributed by atoms with Crippen LogP contribution in [-0.2, 0) is 15.0 Å². The van der Waals surface area contributed by atoms with Gasteiger partial charge in [0.25, 0.3) is 0 Å². The molecule has 2 saturated heterocycles. The van der Waals surface area contributed by atoms with Gasteiger partial charge < -0.3 is 15.5 Å². The van der Waals surface area contributed by atoms with Crippen molar-refractivity contribution < 1.29 is 9.59 Å². The van der Waals surface area contributed by atoms with Crippen LogP contribution in [0.3, 0.4) is 0 Å². The van der Waals surface area contributed by atoms with Gasteiger partial charge in [-0.2, -0.15) is 0 Å². The normalized spacial score (nSPS) is 40.8. The molecule has 0 bridgehead atoms. The summed E-state index contributed by atoms with van der Waals surface area (Å²) in [6.07, 6.45) is 7.56. The maximum atomic E-state index is 13.8. The summed E-state index contributed by atoms with van der Waals surface area (Å²) in [6, 6.07) is 7.69. The van der Waals surface area contributed by atoms with Crippen LogP contribution in [0, 0.1) is 28.6 Å². The SMILES string of the molecule is C=C1CC[C@H]2C(C)(C)CCC[C@]2(C)[C@H]1CC12C[C@@H]3C(=O)N[C@@H](C(C)C)C(=O)N3[C@@H]1Nc1ccccc12. The monoisotopic (exact) mass is 489 g/mol. The standard InChI is InChI=1S/C31H43N3O2/c1-18(2)25-27(36)34-23(26(35)33-25)17-31(20-10-7-8-11-22(20)32-28(31)34)16-21-19(3)12-13-24-29(4,5)14-9-15-30(21,24)6/h7-8,10-11,18,21,23-25,28,32H,3,9,12-17H2,1-2,4-6H3,(H,33,35)/t21-,23+,24-,25-,28-,30+,31?/m0/s1. The Labute approximate surface area is 216 Å². The smallest absolute Gasteiger partial charge is 0.247 e. The number of rotatable bonds is 3. The fourth-order valence-corrected chi connectivity index (χ4v) is 9.40. The quantitative estimate of drug-likeness (QED) is 0.542. The van der Waals surface area contributed by atoms with Gasteiger partial charge in [-0.1, -0.05) is 71.4 Å². The molecule has 2 amide bonds. The summed E-state index contributed by atoms with van der Waals surface area (Å²) >= 11 is 0. The Morgan fingerprint density at radius 1 is 1.11 bits per heavy atom. The second-order valence-electron chi connectivity index (χ2n) is 13.8. The van der Waals surface area contributed by atoms with E-state index in [9.17, 15) is 9.59 Å². The first-order valence-corrected chi connectivity index (χ1v) is 14.2. The minimum atomic E-state index is -0.458. The summed E-state index contributed by atoms with van der Waals surface area (Å²) < 4.78 is 0. The van der Waals surface area contributed by atoms with Crippen molar-refractivity contribution in [2.75, 3.05) is 5.32 Å². The van der Waals surface area contributed by atoms with Gasteiger partial charge in [-0.15, -0.1) is 0 Å². The summed E-state index contributed by atoms with van der Waals surface area (Å²) in [5.41, 5.74) is 4.02. The molecule has 5 heteroatoms. The molecule has 0 radical (unpaired) electrons. The van der Waals surface area contributed by atoms with E-state index >= 15 is 0 Å². The predicted molar refractivity (Wildman–Crippen MR) is 143 cm³/mol. The zero-order valence-corrected chi connectivity index (χ0v) is 22.7. The van der Waals surface area contributed by atoms with Crippen LogP contribution >= 0.6 is 0 Å². The highest BCUT2D eigenvalue weighted by molar-refractivity contribution is 5.99. The molecule has 0 spiro atoms. The van der Waals surface area contributed by atoms with Crippen LogP contribution in [0.2, 0.25) is 0 Å². The van der Waals surface area contributed by atoms with Crippen molar-refractivity contribution in [3.05, 3.63) is 42.0 Å². The Bertz CT molecular complexity index is 1120. The number of piperazine rings is 1. The average molecular weight is 490 g/mol. The van der Waals surface area contributed by atoms with Crippen molar-refractivity contribution in [2.24, 2.45) is 28.6 Å². The maximum absolute atomic E-state index is 13.8. The highest BCUT2D eigenvalue weighted by Crippen LogP contribution is 2.65. The van der Waals surface area contributed by atoms with E-state index in [0.717, 1.165) is 18.5 Å². The molecular formula is C31H43N3O2. The lowest BCUT2D eigenvalue weighted by Crippen LogP contribution is -2.65. The summed E-state index contributed by atoms with van der Waals surface area (Å²) in [5, 5.41) is 6.82. The number of carbonyl (C=O) groups excluding carboxylic acids is 2. The van der Waals surface area contributed by atoms with E-state index in [1.807, 2.05) is 18.7 Å². The summed E-state index contributed by atoms with van der Waals surface area (Å²) in [4.78, 5) is 29.2. The summed E-state index contributed by atoms with van der Waals surface area (Å²) in [7, 11) is 0. The van der Waals surface area contributed by atoms with E-state index < -0.39 is 12.1 Å². The number of allylic oxidation sites excluding steroid dienone is 1. The highest BCUT2D eigenvalue weighted by Gasteiger charge is 2.65. The number of benzene rings is 1. The Balaban J connectivity index is 1.45. The van der Waals surface area contributed by atoms with Gasteiger partial charge in [0.1, 0.15) is 18.2 Å². The largest absolute Gasteiger partial charge is 0.364 e. The number of hydrogen-bond acceptors (Lipinski definition) is 3. The van der Waals surface area contributed by atoms with E-state index in [4.69, 9.17) is 0 Å².